The number of benzene rings is 1. The Balaban J connectivity index is 1.85. The SMILES string of the molecule is CCC1(CC)C=C(c2nc(C(C)C)no2)n2c3c(c4ccccc42)CCN(C)[C@H]31. The van der Waals surface area contributed by atoms with Gasteiger partial charge in [0.2, 0.25) is 0 Å². The largest absolute Gasteiger partial charge is 0.332 e. The van der Waals surface area contributed by atoms with Crippen LogP contribution >= 0.6 is 0 Å². The van der Waals surface area contributed by atoms with E-state index in [2.05, 4.69) is 79.7 Å². The summed E-state index contributed by atoms with van der Waals surface area (Å²) in [5.41, 5.74) is 5.26. The molecule has 0 saturated carbocycles. The summed E-state index contributed by atoms with van der Waals surface area (Å²) in [4.78, 5) is 7.34. The van der Waals surface area contributed by atoms with E-state index in [4.69, 9.17) is 9.51 Å². The third kappa shape index (κ3) is 2.49. The minimum atomic E-state index is 0.0517. The molecule has 2 aliphatic heterocycles. The van der Waals surface area contributed by atoms with Crippen LogP contribution in [0.5, 0.6) is 0 Å². The Labute approximate surface area is 172 Å². The van der Waals surface area contributed by atoms with E-state index >= 15 is 0 Å². The molecule has 0 fully saturated rings. The van der Waals surface area contributed by atoms with Crippen molar-refractivity contribution in [2.75, 3.05) is 13.6 Å². The van der Waals surface area contributed by atoms with Gasteiger partial charge in [0.1, 0.15) is 5.70 Å². The summed E-state index contributed by atoms with van der Waals surface area (Å²) in [6, 6.07) is 9.14. The third-order valence-electron chi connectivity index (χ3n) is 7.14. The van der Waals surface area contributed by atoms with E-state index in [1.54, 1.807) is 0 Å². The second-order valence-electron chi connectivity index (χ2n) is 8.93. The van der Waals surface area contributed by atoms with E-state index in [0.717, 1.165) is 37.3 Å². The molecule has 1 aromatic carbocycles. The molecule has 0 unspecified atom stereocenters. The fourth-order valence-corrected chi connectivity index (χ4v) is 5.46. The van der Waals surface area contributed by atoms with Crippen LogP contribution in [0.2, 0.25) is 0 Å². The van der Waals surface area contributed by atoms with Crippen LogP contribution < -0.4 is 0 Å². The van der Waals surface area contributed by atoms with Crippen LogP contribution in [0, 0.1) is 5.41 Å². The molecule has 5 heteroatoms. The molecule has 4 heterocycles. The molecule has 5 nitrogen and oxygen atoms in total. The van der Waals surface area contributed by atoms with Crippen molar-refractivity contribution in [3.63, 3.8) is 0 Å². The molecule has 0 bridgehead atoms. The number of para-hydroxylation sites is 1. The highest BCUT2D eigenvalue weighted by Gasteiger charge is 2.47. The molecule has 152 valence electrons. The van der Waals surface area contributed by atoms with Gasteiger partial charge < -0.3 is 9.09 Å². The van der Waals surface area contributed by atoms with Gasteiger partial charge in [0.05, 0.1) is 11.6 Å². The molecule has 2 aromatic heterocycles. The maximum atomic E-state index is 5.81. The van der Waals surface area contributed by atoms with Crippen LogP contribution in [0.3, 0.4) is 0 Å². The number of hydrogen-bond donors (Lipinski definition) is 0. The summed E-state index contributed by atoms with van der Waals surface area (Å²) >= 11 is 0. The Morgan fingerprint density at radius 1 is 1.21 bits per heavy atom. The molecule has 0 amide bonds. The molecule has 0 radical (unpaired) electrons. The zero-order valence-electron chi connectivity index (χ0n) is 18.1. The lowest BCUT2D eigenvalue weighted by Gasteiger charge is -2.48. The van der Waals surface area contributed by atoms with Gasteiger partial charge in [-0.1, -0.05) is 51.1 Å². The molecule has 29 heavy (non-hydrogen) atoms. The molecule has 1 atom stereocenters. The zero-order valence-corrected chi connectivity index (χ0v) is 18.1. The fourth-order valence-electron chi connectivity index (χ4n) is 5.46. The number of likely N-dealkylation sites (N-methyl/N-ethyl adjacent to an activating group) is 1. The van der Waals surface area contributed by atoms with Crippen molar-refractivity contribution in [3.8, 4) is 0 Å². The highest BCUT2D eigenvalue weighted by Crippen LogP contribution is 2.54. The second-order valence-corrected chi connectivity index (χ2v) is 8.93. The molecular formula is C24H30N4O. The van der Waals surface area contributed by atoms with Crippen LogP contribution in [0.1, 0.15) is 75.5 Å². The Bertz CT molecular complexity index is 1100. The predicted octanol–water partition coefficient (Wildman–Crippen LogP) is 5.39. The lowest BCUT2D eigenvalue weighted by Crippen LogP contribution is -2.45. The van der Waals surface area contributed by atoms with Crippen molar-refractivity contribution >= 4 is 16.6 Å². The smallest absolute Gasteiger partial charge is 0.274 e. The molecule has 5 rings (SSSR count). The highest BCUT2D eigenvalue weighted by molar-refractivity contribution is 5.91. The Kier molecular flexibility index (Phi) is 4.21. The monoisotopic (exact) mass is 390 g/mol. The number of hydrogen-bond acceptors (Lipinski definition) is 4. The van der Waals surface area contributed by atoms with Gasteiger partial charge in [-0.2, -0.15) is 4.98 Å². The summed E-state index contributed by atoms with van der Waals surface area (Å²) in [6.45, 7) is 9.92. The lowest BCUT2D eigenvalue weighted by molar-refractivity contribution is 0.0938. The van der Waals surface area contributed by atoms with Gasteiger partial charge >= 0.3 is 0 Å². The number of fused-ring (bicyclic) bond motifs is 3. The molecular weight excluding hydrogens is 360 g/mol. The van der Waals surface area contributed by atoms with E-state index in [1.165, 1.54) is 22.2 Å². The molecule has 3 aromatic rings. The van der Waals surface area contributed by atoms with Crippen LogP contribution in [-0.4, -0.2) is 33.2 Å². The standard InChI is InChI=1S/C24H30N4O/c1-6-24(7-2)14-19(23-25-22(15(3)4)26-29-23)28-18-11-9-8-10-16(18)17-12-13-27(5)21(24)20(17)28/h8-11,14-15,21H,6-7,12-13H2,1-5H3/t21-/m1/s1. The van der Waals surface area contributed by atoms with Gasteiger partial charge in [0.15, 0.2) is 5.82 Å². The quantitative estimate of drug-likeness (QED) is 0.599. The molecule has 0 N–H and O–H groups in total. The summed E-state index contributed by atoms with van der Waals surface area (Å²) in [5.74, 6) is 1.65. The Morgan fingerprint density at radius 2 is 1.97 bits per heavy atom. The third-order valence-corrected chi connectivity index (χ3v) is 7.14. The second kappa shape index (κ2) is 6.56. The van der Waals surface area contributed by atoms with E-state index in [9.17, 15) is 0 Å². The van der Waals surface area contributed by atoms with Gasteiger partial charge in [-0.25, -0.2) is 0 Å². The summed E-state index contributed by atoms with van der Waals surface area (Å²) in [5, 5.41) is 5.63. The molecule has 0 aliphatic carbocycles. The maximum Gasteiger partial charge on any atom is 0.274 e. The minimum Gasteiger partial charge on any atom is -0.332 e. The Hall–Kier alpha value is -2.40. The van der Waals surface area contributed by atoms with E-state index in [-0.39, 0.29) is 11.3 Å². The van der Waals surface area contributed by atoms with Gasteiger partial charge in [0.25, 0.3) is 5.89 Å². The first-order valence-corrected chi connectivity index (χ1v) is 10.9. The predicted molar refractivity (Wildman–Crippen MR) is 116 cm³/mol. The zero-order chi connectivity index (χ0) is 20.3. The van der Waals surface area contributed by atoms with E-state index < -0.39 is 0 Å². The van der Waals surface area contributed by atoms with E-state index in [1.807, 2.05) is 0 Å². The summed E-state index contributed by atoms with van der Waals surface area (Å²) < 4.78 is 8.22. The average Bonchev–Trinajstić information content (AvgIpc) is 3.35. The van der Waals surface area contributed by atoms with Crippen molar-refractivity contribution < 1.29 is 4.52 Å². The van der Waals surface area contributed by atoms with Crippen molar-refractivity contribution in [3.05, 3.63) is 53.3 Å². The number of rotatable bonds is 4. The van der Waals surface area contributed by atoms with Crippen LogP contribution in [0.4, 0.5) is 0 Å². The van der Waals surface area contributed by atoms with Crippen LogP contribution in [0.15, 0.2) is 34.9 Å². The number of aromatic nitrogens is 3. The molecule has 0 saturated heterocycles. The Morgan fingerprint density at radius 3 is 2.66 bits per heavy atom. The highest BCUT2D eigenvalue weighted by atomic mass is 16.5. The number of nitrogens with zero attached hydrogens (tertiary/aromatic N) is 4. The average molecular weight is 391 g/mol. The molecule has 2 aliphatic rings. The topological polar surface area (TPSA) is 47.1 Å². The summed E-state index contributed by atoms with van der Waals surface area (Å²) in [7, 11) is 2.28. The van der Waals surface area contributed by atoms with Gasteiger partial charge in [0, 0.05) is 29.0 Å². The van der Waals surface area contributed by atoms with Crippen LogP contribution in [-0.2, 0) is 6.42 Å². The van der Waals surface area contributed by atoms with Crippen LogP contribution in [0.25, 0.3) is 16.6 Å². The normalized spacial score (nSPS) is 20.9. The van der Waals surface area contributed by atoms with E-state index in [0.29, 0.717) is 11.9 Å². The van der Waals surface area contributed by atoms with Crippen molar-refractivity contribution in [1.82, 2.24) is 19.6 Å². The van der Waals surface area contributed by atoms with Gasteiger partial charge in [-0.3, -0.25) is 4.90 Å². The van der Waals surface area contributed by atoms with Crippen molar-refractivity contribution in [2.45, 2.75) is 58.9 Å². The van der Waals surface area contributed by atoms with Crippen molar-refractivity contribution in [2.24, 2.45) is 5.41 Å². The minimum absolute atomic E-state index is 0.0517. The summed E-state index contributed by atoms with van der Waals surface area (Å²) in [6.07, 6.45) is 5.66. The first kappa shape index (κ1) is 18.6. The maximum absolute atomic E-state index is 5.81. The van der Waals surface area contributed by atoms with Gasteiger partial charge in [-0.15, -0.1) is 0 Å². The fraction of sp³-hybridized carbons (Fsp3) is 0.500. The molecule has 0 spiro atoms. The van der Waals surface area contributed by atoms with Gasteiger partial charge in [-0.05, 0) is 44.0 Å². The first-order valence-electron chi connectivity index (χ1n) is 10.9. The first-order chi connectivity index (χ1) is 14.0. The van der Waals surface area contributed by atoms with Crippen molar-refractivity contribution in [1.29, 1.82) is 0 Å². The lowest BCUT2D eigenvalue weighted by atomic mass is 9.69.